The summed E-state index contributed by atoms with van der Waals surface area (Å²) in [5.41, 5.74) is 0.656. The number of amides is 1. The molecule has 6 nitrogen and oxygen atoms in total. The molecule has 7 heteroatoms. The van der Waals surface area contributed by atoms with E-state index in [1.54, 1.807) is 20.0 Å². The molecule has 100 valence electrons. The fourth-order valence-electron chi connectivity index (χ4n) is 1.56. The third-order valence-corrected chi connectivity index (χ3v) is 3.51. The maximum absolute atomic E-state index is 12.1. The van der Waals surface area contributed by atoms with Crippen LogP contribution in [0.3, 0.4) is 0 Å². The van der Waals surface area contributed by atoms with Crippen LogP contribution in [0.5, 0.6) is 0 Å². The van der Waals surface area contributed by atoms with Gasteiger partial charge in [-0.25, -0.2) is 4.79 Å². The second kappa shape index (κ2) is 5.23. The van der Waals surface area contributed by atoms with Crippen LogP contribution in [0.2, 0.25) is 0 Å². The zero-order valence-corrected chi connectivity index (χ0v) is 11.2. The van der Waals surface area contributed by atoms with Crippen LogP contribution < -0.4 is 0 Å². The van der Waals surface area contributed by atoms with Crippen LogP contribution in [-0.4, -0.2) is 34.1 Å². The van der Waals surface area contributed by atoms with E-state index < -0.39 is 5.97 Å². The Morgan fingerprint density at radius 2 is 2.11 bits per heavy atom. The van der Waals surface area contributed by atoms with Crippen LogP contribution >= 0.6 is 11.3 Å². The summed E-state index contributed by atoms with van der Waals surface area (Å²) in [6.45, 7) is 2.09. The van der Waals surface area contributed by atoms with E-state index in [4.69, 9.17) is 9.63 Å². The molecular weight excluding hydrogens is 268 g/mol. The largest absolute Gasteiger partial charge is 0.477 e. The van der Waals surface area contributed by atoms with Gasteiger partial charge in [-0.1, -0.05) is 5.16 Å². The second-order valence-electron chi connectivity index (χ2n) is 4.06. The van der Waals surface area contributed by atoms with Gasteiger partial charge in [0.05, 0.1) is 11.4 Å². The van der Waals surface area contributed by atoms with Gasteiger partial charge in [0.2, 0.25) is 0 Å². The van der Waals surface area contributed by atoms with Crippen molar-refractivity contribution in [2.24, 2.45) is 0 Å². The first-order chi connectivity index (χ1) is 8.97. The van der Waals surface area contributed by atoms with Gasteiger partial charge in [-0.15, -0.1) is 11.3 Å². The molecule has 0 radical (unpaired) electrons. The number of carbonyl (C=O) groups excluding carboxylic acids is 1. The van der Waals surface area contributed by atoms with Crippen molar-refractivity contribution in [1.29, 1.82) is 0 Å². The molecule has 0 aliphatic carbocycles. The maximum Gasteiger partial charge on any atom is 0.345 e. The maximum atomic E-state index is 12.1. The van der Waals surface area contributed by atoms with Crippen molar-refractivity contribution in [2.45, 2.75) is 13.5 Å². The summed E-state index contributed by atoms with van der Waals surface area (Å²) in [7, 11) is 1.63. The lowest BCUT2D eigenvalue weighted by atomic mass is 10.3. The van der Waals surface area contributed by atoms with E-state index in [0.29, 0.717) is 22.9 Å². The van der Waals surface area contributed by atoms with Crippen molar-refractivity contribution in [3.63, 3.8) is 0 Å². The molecule has 0 fully saturated rings. The van der Waals surface area contributed by atoms with E-state index >= 15 is 0 Å². The molecule has 0 saturated heterocycles. The van der Waals surface area contributed by atoms with Gasteiger partial charge in [0.1, 0.15) is 16.3 Å². The SMILES string of the molecule is Cc1cc(CN(C)C(=O)c2ccc(C(=O)O)s2)no1. The van der Waals surface area contributed by atoms with Crippen molar-refractivity contribution < 1.29 is 19.2 Å². The fraction of sp³-hybridized carbons (Fsp3) is 0.250. The summed E-state index contributed by atoms with van der Waals surface area (Å²) in [5.74, 6) is -0.586. The summed E-state index contributed by atoms with van der Waals surface area (Å²) < 4.78 is 4.92. The Morgan fingerprint density at radius 1 is 1.42 bits per heavy atom. The third kappa shape index (κ3) is 3.00. The van der Waals surface area contributed by atoms with Crippen molar-refractivity contribution in [2.75, 3.05) is 7.05 Å². The minimum atomic E-state index is -1.03. The van der Waals surface area contributed by atoms with Crippen LogP contribution in [0.4, 0.5) is 0 Å². The lowest BCUT2D eigenvalue weighted by molar-refractivity contribution is 0.0701. The molecule has 19 heavy (non-hydrogen) atoms. The van der Waals surface area contributed by atoms with Crippen LogP contribution in [0, 0.1) is 6.92 Å². The zero-order chi connectivity index (χ0) is 14.0. The molecule has 0 bridgehead atoms. The monoisotopic (exact) mass is 280 g/mol. The normalized spacial score (nSPS) is 10.4. The number of aromatic carboxylic acids is 1. The average molecular weight is 280 g/mol. The number of aryl methyl sites for hydroxylation is 1. The number of carboxylic acid groups (broad SMARTS) is 1. The number of hydrogen-bond donors (Lipinski definition) is 1. The molecule has 0 saturated carbocycles. The van der Waals surface area contributed by atoms with Crippen molar-refractivity contribution in [3.8, 4) is 0 Å². The molecule has 0 aliphatic heterocycles. The van der Waals surface area contributed by atoms with Gasteiger partial charge in [0, 0.05) is 13.1 Å². The standard InChI is InChI=1S/C12H12N2O4S/c1-7-5-8(13-18-7)6-14(2)11(15)9-3-4-10(19-9)12(16)17/h3-5H,6H2,1-2H3,(H,16,17). The van der Waals surface area contributed by atoms with E-state index in [-0.39, 0.29) is 10.8 Å². The Labute approximate surface area is 113 Å². The first kappa shape index (κ1) is 13.3. The summed E-state index contributed by atoms with van der Waals surface area (Å²) in [6, 6.07) is 4.69. The molecule has 0 atom stereocenters. The predicted octanol–water partition coefficient (Wildman–Crippen LogP) is 2.01. The number of nitrogens with zero attached hydrogens (tertiary/aromatic N) is 2. The number of carbonyl (C=O) groups is 2. The minimum absolute atomic E-state index is 0.147. The number of thiophene rings is 1. The summed E-state index contributed by atoms with van der Waals surface area (Å²) >= 11 is 0.959. The molecule has 2 rings (SSSR count). The zero-order valence-electron chi connectivity index (χ0n) is 10.4. The van der Waals surface area contributed by atoms with Crippen molar-refractivity contribution in [1.82, 2.24) is 10.1 Å². The van der Waals surface area contributed by atoms with Crippen molar-refractivity contribution >= 4 is 23.2 Å². The molecule has 0 aromatic carbocycles. The smallest absolute Gasteiger partial charge is 0.345 e. The van der Waals surface area contributed by atoms with E-state index in [2.05, 4.69) is 5.16 Å². The summed E-state index contributed by atoms with van der Waals surface area (Å²) in [5, 5.41) is 12.6. The van der Waals surface area contributed by atoms with Gasteiger partial charge >= 0.3 is 5.97 Å². The van der Waals surface area contributed by atoms with Crippen molar-refractivity contribution in [3.05, 3.63) is 39.4 Å². The molecule has 0 aliphatic rings. The van der Waals surface area contributed by atoms with Crippen LogP contribution in [0.1, 0.15) is 30.8 Å². The van der Waals surface area contributed by atoms with Gasteiger partial charge in [0.15, 0.2) is 0 Å². The number of rotatable bonds is 4. The van der Waals surface area contributed by atoms with Crippen LogP contribution in [0.15, 0.2) is 22.7 Å². The molecule has 1 N–H and O–H groups in total. The van der Waals surface area contributed by atoms with Gasteiger partial charge in [-0.05, 0) is 19.1 Å². The molecular formula is C12H12N2O4S. The minimum Gasteiger partial charge on any atom is -0.477 e. The highest BCUT2D eigenvalue weighted by molar-refractivity contribution is 7.15. The first-order valence-electron chi connectivity index (χ1n) is 5.48. The topological polar surface area (TPSA) is 83.6 Å². The van der Waals surface area contributed by atoms with Crippen LogP contribution in [0.25, 0.3) is 0 Å². The Kier molecular flexibility index (Phi) is 3.66. The molecule has 2 aromatic rings. The molecule has 2 heterocycles. The third-order valence-electron chi connectivity index (χ3n) is 2.45. The molecule has 0 unspecified atom stereocenters. The van der Waals surface area contributed by atoms with E-state index in [1.807, 2.05) is 0 Å². The van der Waals surface area contributed by atoms with E-state index in [1.165, 1.54) is 17.0 Å². The van der Waals surface area contributed by atoms with E-state index in [9.17, 15) is 9.59 Å². The molecule has 1 amide bonds. The lowest BCUT2D eigenvalue weighted by Crippen LogP contribution is -2.25. The molecule has 0 spiro atoms. The Bertz CT molecular complexity index is 617. The Hall–Kier alpha value is -2.15. The van der Waals surface area contributed by atoms with Gasteiger partial charge in [0.25, 0.3) is 5.91 Å². The number of carboxylic acids is 1. The van der Waals surface area contributed by atoms with E-state index in [0.717, 1.165) is 11.3 Å². The van der Waals surface area contributed by atoms with Gasteiger partial charge in [-0.3, -0.25) is 4.79 Å². The highest BCUT2D eigenvalue weighted by Crippen LogP contribution is 2.18. The van der Waals surface area contributed by atoms with Crippen LogP contribution in [-0.2, 0) is 6.54 Å². The second-order valence-corrected chi connectivity index (χ2v) is 5.14. The quantitative estimate of drug-likeness (QED) is 0.926. The summed E-state index contributed by atoms with van der Waals surface area (Å²) in [6.07, 6.45) is 0. The predicted molar refractivity (Wildman–Crippen MR) is 68.3 cm³/mol. The fourth-order valence-corrected chi connectivity index (χ4v) is 2.40. The Morgan fingerprint density at radius 3 is 2.63 bits per heavy atom. The first-order valence-corrected chi connectivity index (χ1v) is 6.30. The number of hydrogen-bond acceptors (Lipinski definition) is 5. The lowest BCUT2D eigenvalue weighted by Gasteiger charge is -2.13. The average Bonchev–Trinajstić information content (AvgIpc) is 2.97. The summed E-state index contributed by atoms with van der Waals surface area (Å²) in [4.78, 5) is 24.8. The highest BCUT2D eigenvalue weighted by Gasteiger charge is 2.17. The van der Waals surface area contributed by atoms with Gasteiger partial charge in [-0.2, -0.15) is 0 Å². The number of aromatic nitrogens is 1. The highest BCUT2D eigenvalue weighted by atomic mass is 32.1. The Balaban J connectivity index is 2.07. The molecule has 2 aromatic heterocycles. The van der Waals surface area contributed by atoms with Gasteiger partial charge < -0.3 is 14.5 Å².